The molecule has 5 nitrogen and oxygen atoms in total. The van der Waals surface area contributed by atoms with Crippen molar-refractivity contribution in [2.75, 3.05) is 11.9 Å². The summed E-state index contributed by atoms with van der Waals surface area (Å²) in [6, 6.07) is 3.42. The van der Waals surface area contributed by atoms with Gasteiger partial charge in [0.2, 0.25) is 5.91 Å². The third kappa shape index (κ3) is 4.23. The number of nitrogens with zero attached hydrogens (tertiary/aromatic N) is 1. The van der Waals surface area contributed by atoms with Gasteiger partial charge in [-0.05, 0) is 32.1 Å². The van der Waals surface area contributed by atoms with Crippen molar-refractivity contribution in [1.29, 1.82) is 0 Å². The van der Waals surface area contributed by atoms with Crippen molar-refractivity contribution >= 4 is 34.4 Å². The normalized spacial score (nSPS) is 10.8. The zero-order valence-electron chi connectivity index (χ0n) is 12.9. The Morgan fingerprint density at radius 1 is 1.33 bits per heavy atom. The molecule has 1 amide bonds. The Kier molecular flexibility index (Phi) is 5.75. The highest BCUT2D eigenvalue weighted by molar-refractivity contribution is 7.17. The molecule has 8 heteroatoms. The van der Waals surface area contributed by atoms with Gasteiger partial charge in [0.05, 0.1) is 12.3 Å². The van der Waals surface area contributed by atoms with E-state index in [1.165, 1.54) is 6.07 Å². The summed E-state index contributed by atoms with van der Waals surface area (Å²) in [6.45, 7) is 3.53. The summed E-state index contributed by atoms with van der Waals surface area (Å²) in [5, 5.41) is 2.63. The van der Waals surface area contributed by atoms with E-state index < -0.39 is 23.5 Å². The highest BCUT2D eigenvalue weighted by atomic mass is 32.1. The number of ether oxygens (including phenoxy) is 1. The number of amides is 1. The van der Waals surface area contributed by atoms with Crippen molar-refractivity contribution in [2.45, 2.75) is 13.8 Å². The maximum atomic E-state index is 13.5. The Morgan fingerprint density at radius 2 is 2.00 bits per heavy atom. The van der Waals surface area contributed by atoms with E-state index in [9.17, 15) is 18.4 Å². The second-order valence-electron chi connectivity index (χ2n) is 4.61. The Labute approximate surface area is 141 Å². The molecule has 0 aliphatic rings. The molecular formula is C16H14F2N2O3S. The van der Waals surface area contributed by atoms with Gasteiger partial charge >= 0.3 is 5.97 Å². The van der Waals surface area contributed by atoms with Crippen LogP contribution in [0.2, 0.25) is 0 Å². The van der Waals surface area contributed by atoms with Crippen LogP contribution in [-0.4, -0.2) is 23.5 Å². The molecule has 0 aliphatic carbocycles. The Hall–Kier alpha value is -2.61. The molecule has 2 aromatic rings. The van der Waals surface area contributed by atoms with Crippen LogP contribution >= 0.6 is 11.3 Å². The maximum absolute atomic E-state index is 13.5. The molecule has 0 spiro atoms. The standard InChI is InChI=1S/C16H14F2N2O3S/c1-3-23-15(22)14-9(2)19-16(24-14)20-13(21)8-7-10-11(17)5-4-6-12(10)18/h4-8H,3H2,1-2H3,(H,19,20,21)/b8-7+. The van der Waals surface area contributed by atoms with Crippen molar-refractivity contribution in [3.8, 4) is 0 Å². The van der Waals surface area contributed by atoms with Gasteiger partial charge in [0, 0.05) is 11.6 Å². The number of aryl methyl sites for hydroxylation is 1. The van der Waals surface area contributed by atoms with Crippen molar-refractivity contribution in [1.82, 2.24) is 4.98 Å². The number of nitrogens with one attached hydrogen (secondary N) is 1. The van der Waals surface area contributed by atoms with Gasteiger partial charge in [-0.2, -0.15) is 0 Å². The van der Waals surface area contributed by atoms with Crippen molar-refractivity contribution in [3.05, 3.63) is 52.0 Å². The minimum Gasteiger partial charge on any atom is -0.462 e. The fourth-order valence-electron chi connectivity index (χ4n) is 1.81. The number of hydrogen-bond acceptors (Lipinski definition) is 5. The van der Waals surface area contributed by atoms with Crippen molar-refractivity contribution in [2.24, 2.45) is 0 Å². The molecule has 1 N–H and O–H groups in total. The van der Waals surface area contributed by atoms with Crippen LogP contribution in [0.1, 0.15) is 27.9 Å². The first-order valence-electron chi connectivity index (χ1n) is 7.00. The number of esters is 1. The lowest BCUT2D eigenvalue weighted by molar-refractivity contribution is -0.111. The van der Waals surface area contributed by atoms with E-state index in [2.05, 4.69) is 10.3 Å². The zero-order valence-corrected chi connectivity index (χ0v) is 13.7. The summed E-state index contributed by atoms with van der Waals surface area (Å²) in [7, 11) is 0. The first-order valence-corrected chi connectivity index (χ1v) is 7.81. The predicted octanol–water partition coefficient (Wildman–Crippen LogP) is 3.56. The lowest BCUT2D eigenvalue weighted by atomic mass is 10.2. The van der Waals surface area contributed by atoms with Crippen LogP contribution in [0.25, 0.3) is 6.08 Å². The fourth-order valence-corrected chi connectivity index (χ4v) is 2.68. The third-order valence-corrected chi connectivity index (χ3v) is 3.94. The molecule has 24 heavy (non-hydrogen) atoms. The van der Waals surface area contributed by atoms with E-state index in [4.69, 9.17) is 4.74 Å². The molecule has 1 aromatic heterocycles. The molecular weight excluding hydrogens is 338 g/mol. The number of anilines is 1. The molecule has 0 unspecified atom stereocenters. The van der Waals surface area contributed by atoms with Gasteiger partial charge < -0.3 is 4.74 Å². The number of hydrogen-bond donors (Lipinski definition) is 1. The molecule has 0 bridgehead atoms. The van der Waals surface area contributed by atoms with Crippen LogP contribution in [0.4, 0.5) is 13.9 Å². The Balaban J connectivity index is 2.09. The SMILES string of the molecule is CCOC(=O)c1sc(NC(=O)/C=C/c2c(F)cccc2F)nc1C. The average Bonchev–Trinajstić information content (AvgIpc) is 2.87. The van der Waals surface area contributed by atoms with Crippen LogP contribution in [0, 0.1) is 18.6 Å². The third-order valence-electron chi connectivity index (χ3n) is 2.89. The highest BCUT2D eigenvalue weighted by Gasteiger charge is 2.17. The molecule has 126 valence electrons. The second kappa shape index (κ2) is 7.78. The predicted molar refractivity (Wildman–Crippen MR) is 86.8 cm³/mol. The summed E-state index contributed by atoms with van der Waals surface area (Å²) in [5.41, 5.74) is 0.119. The van der Waals surface area contributed by atoms with Crippen LogP contribution in [-0.2, 0) is 9.53 Å². The second-order valence-corrected chi connectivity index (χ2v) is 5.61. The van der Waals surface area contributed by atoms with Crippen LogP contribution in [0.3, 0.4) is 0 Å². The molecule has 0 aliphatic heterocycles. The van der Waals surface area contributed by atoms with Crippen molar-refractivity contribution < 1.29 is 23.1 Å². The van der Waals surface area contributed by atoms with Crippen molar-refractivity contribution in [3.63, 3.8) is 0 Å². The molecule has 0 saturated carbocycles. The average molecular weight is 352 g/mol. The molecule has 1 heterocycles. The monoisotopic (exact) mass is 352 g/mol. The van der Waals surface area contributed by atoms with E-state index in [-0.39, 0.29) is 22.2 Å². The van der Waals surface area contributed by atoms with E-state index in [1.807, 2.05) is 0 Å². The van der Waals surface area contributed by atoms with E-state index in [0.717, 1.165) is 35.6 Å². The van der Waals surface area contributed by atoms with Crippen LogP contribution in [0.15, 0.2) is 24.3 Å². The quantitative estimate of drug-likeness (QED) is 0.660. The lowest BCUT2D eigenvalue weighted by Gasteiger charge is -1.99. The summed E-state index contributed by atoms with van der Waals surface area (Å²) in [4.78, 5) is 27.9. The number of carbonyl (C=O) groups excluding carboxylic acids is 2. The summed E-state index contributed by atoms with van der Waals surface area (Å²) < 4.78 is 31.8. The number of aromatic nitrogens is 1. The number of benzene rings is 1. The maximum Gasteiger partial charge on any atom is 0.350 e. The molecule has 0 radical (unpaired) electrons. The van der Waals surface area contributed by atoms with E-state index in [0.29, 0.717) is 5.69 Å². The van der Waals surface area contributed by atoms with Gasteiger partial charge in [0.15, 0.2) is 5.13 Å². The Morgan fingerprint density at radius 3 is 2.62 bits per heavy atom. The summed E-state index contributed by atoms with van der Waals surface area (Å²) in [6.07, 6.45) is 2.02. The minimum absolute atomic E-state index is 0.194. The zero-order chi connectivity index (χ0) is 17.7. The molecule has 0 saturated heterocycles. The van der Waals surface area contributed by atoms with Gasteiger partial charge in [-0.3, -0.25) is 10.1 Å². The Bertz CT molecular complexity index is 782. The topological polar surface area (TPSA) is 68.3 Å². The summed E-state index contributed by atoms with van der Waals surface area (Å²) in [5.74, 6) is -2.68. The number of rotatable bonds is 5. The van der Waals surface area contributed by atoms with E-state index >= 15 is 0 Å². The fraction of sp³-hybridized carbons (Fsp3) is 0.188. The van der Waals surface area contributed by atoms with E-state index in [1.54, 1.807) is 13.8 Å². The first-order chi connectivity index (χ1) is 11.4. The summed E-state index contributed by atoms with van der Waals surface area (Å²) >= 11 is 0.964. The smallest absolute Gasteiger partial charge is 0.350 e. The van der Waals surface area contributed by atoms with Crippen LogP contribution in [0.5, 0.6) is 0 Å². The minimum atomic E-state index is -0.770. The van der Waals surface area contributed by atoms with Crippen LogP contribution < -0.4 is 5.32 Å². The highest BCUT2D eigenvalue weighted by Crippen LogP contribution is 2.23. The number of halogens is 2. The largest absolute Gasteiger partial charge is 0.462 e. The lowest BCUT2D eigenvalue weighted by Crippen LogP contribution is -2.07. The molecule has 2 rings (SSSR count). The molecule has 0 fully saturated rings. The van der Waals surface area contributed by atoms with Gasteiger partial charge in [0.25, 0.3) is 0 Å². The van der Waals surface area contributed by atoms with Gasteiger partial charge in [-0.1, -0.05) is 17.4 Å². The first kappa shape index (κ1) is 17.7. The number of thiazole rings is 1. The number of carbonyl (C=O) groups is 2. The van der Waals surface area contributed by atoms with Gasteiger partial charge in [-0.15, -0.1) is 0 Å². The van der Waals surface area contributed by atoms with Gasteiger partial charge in [-0.25, -0.2) is 18.6 Å². The van der Waals surface area contributed by atoms with Gasteiger partial charge in [0.1, 0.15) is 16.5 Å². The molecule has 0 atom stereocenters. The molecule has 1 aromatic carbocycles.